The Bertz CT molecular complexity index is 958. The van der Waals surface area contributed by atoms with Gasteiger partial charge in [0.25, 0.3) is 0 Å². The Kier molecular flexibility index (Phi) is 6.00. The van der Waals surface area contributed by atoms with Gasteiger partial charge in [-0.15, -0.1) is 0 Å². The van der Waals surface area contributed by atoms with Crippen LogP contribution in [0.15, 0.2) is 45.3 Å². The molecule has 1 aromatic heterocycles. The highest BCUT2D eigenvalue weighted by atomic mass is 79.9. The van der Waals surface area contributed by atoms with E-state index in [0.29, 0.717) is 5.75 Å². The van der Waals surface area contributed by atoms with Crippen LogP contribution in [0.2, 0.25) is 0 Å². The summed E-state index contributed by atoms with van der Waals surface area (Å²) in [6.07, 6.45) is -4.52. The average Bonchev–Trinajstić information content (AvgIpc) is 3.00. The zero-order chi connectivity index (χ0) is 19.6. The zero-order valence-corrected chi connectivity index (χ0v) is 17.4. The van der Waals surface area contributed by atoms with Crippen molar-refractivity contribution in [2.45, 2.75) is 19.6 Å². The lowest BCUT2D eigenvalue weighted by atomic mass is 10.1. The third kappa shape index (κ3) is 4.57. The monoisotopic (exact) mass is 506 g/mol. The standard InChI is InChI=1S/C18H15Br2F3N2O2/c1-2-26-16-10-15(18(21,22)23)24-25(16)7-8-27-14-6-3-11-9-12(19)4-5-13(11)17(14)20/h3-6,9-10H,2,7-8H2,1H3. The van der Waals surface area contributed by atoms with Crippen LogP contribution in [0.25, 0.3) is 10.8 Å². The highest BCUT2D eigenvalue weighted by Crippen LogP contribution is 2.35. The number of ether oxygens (including phenoxy) is 2. The van der Waals surface area contributed by atoms with Gasteiger partial charge in [0, 0.05) is 10.5 Å². The zero-order valence-electron chi connectivity index (χ0n) is 14.2. The lowest BCUT2D eigenvalue weighted by molar-refractivity contribution is -0.141. The predicted octanol–water partition coefficient (Wildman–Crippen LogP) is 6.06. The predicted molar refractivity (Wildman–Crippen MR) is 103 cm³/mol. The number of fused-ring (bicyclic) bond motifs is 1. The van der Waals surface area contributed by atoms with E-state index in [-0.39, 0.29) is 25.6 Å². The van der Waals surface area contributed by atoms with Gasteiger partial charge in [-0.25, -0.2) is 4.68 Å². The van der Waals surface area contributed by atoms with E-state index in [4.69, 9.17) is 9.47 Å². The van der Waals surface area contributed by atoms with Crippen LogP contribution in [-0.2, 0) is 12.7 Å². The number of aromatic nitrogens is 2. The summed E-state index contributed by atoms with van der Waals surface area (Å²) in [5, 5.41) is 5.59. The molecule has 9 heteroatoms. The maximum Gasteiger partial charge on any atom is 0.435 e. The van der Waals surface area contributed by atoms with Crippen LogP contribution >= 0.6 is 31.9 Å². The van der Waals surface area contributed by atoms with Crippen molar-refractivity contribution >= 4 is 42.6 Å². The highest BCUT2D eigenvalue weighted by molar-refractivity contribution is 9.11. The molecule has 27 heavy (non-hydrogen) atoms. The molecule has 0 saturated carbocycles. The first-order valence-corrected chi connectivity index (χ1v) is 9.66. The lowest BCUT2D eigenvalue weighted by Gasteiger charge is -2.12. The van der Waals surface area contributed by atoms with Crippen LogP contribution in [0.1, 0.15) is 12.6 Å². The van der Waals surface area contributed by atoms with E-state index < -0.39 is 11.9 Å². The van der Waals surface area contributed by atoms with Gasteiger partial charge in [0.05, 0.1) is 17.6 Å². The molecule has 0 spiro atoms. The minimum atomic E-state index is -4.52. The second-order valence-corrected chi connectivity index (χ2v) is 7.32. The summed E-state index contributed by atoms with van der Waals surface area (Å²) in [5.74, 6) is 0.668. The largest absolute Gasteiger partial charge is 0.490 e. The number of rotatable bonds is 6. The molecule has 0 bridgehead atoms. The Morgan fingerprint density at radius 3 is 2.56 bits per heavy atom. The van der Waals surface area contributed by atoms with E-state index in [0.717, 1.165) is 25.8 Å². The molecular weight excluding hydrogens is 493 g/mol. The maximum absolute atomic E-state index is 12.9. The first-order valence-electron chi connectivity index (χ1n) is 8.08. The third-order valence-corrected chi connectivity index (χ3v) is 5.08. The Morgan fingerprint density at radius 1 is 1.07 bits per heavy atom. The molecular formula is C18H15Br2F3N2O2. The SMILES string of the molecule is CCOc1cc(C(F)(F)F)nn1CCOc1ccc2cc(Br)ccc2c1Br. The summed E-state index contributed by atoms with van der Waals surface area (Å²) in [6.45, 7) is 2.21. The average molecular weight is 508 g/mol. The molecule has 144 valence electrons. The van der Waals surface area contributed by atoms with Crippen LogP contribution < -0.4 is 9.47 Å². The molecule has 0 amide bonds. The molecule has 4 nitrogen and oxygen atoms in total. The molecule has 0 aliphatic carbocycles. The molecule has 2 aromatic carbocycles. The fourth-order valence-electron chi connectivity index (χ4n) is 2.56. The van der Waals surface area contributed by atoms with Gasteiger partial charge in [-0.1, -0.05) is 28.1 Å². The number of hydrogen-bond donors (Lipinski definition) is 0. The van der Waals surface area contributed by atoms with Gasteiger partial charge < -0.3 is 9.47 Å². The van der Waals surface area contributed by atoms with Crippen molar-refractivity contribution in [3.8, 4) is 11.6 Å². The van der Waals surface area contributed by atoms with E-state index in [1.54, 1.807) is 6.92 Å². The third-order valence-electron chi connectivity index (χ3n) is 3.77. The van der Waals surface area contributed by atoms with Crippen molar-refractivity contribution in [1.29, 1.82) is 0 Å². The van der Waals surface area contributed by atoms with E-state index in [1.807, 2.05) is 30.3 Å². The summed E-state index contributed by atoms with van der Waals surface area (Å²) in [5.41, 5.74) is -0.983. The van der Waals surface area contributed by atoms with Gasteiger partial charge in [-0.3, -0.25) is 0 Å². The number of hydrogen-bond acceptors (Lipinski definition) is 3. The molecule has 0 saturated heterocycles. The summed E-state index contributed by atoms with van der Waals surface area (Å²) in [7, 11) is 0. The van der Waals surface area contributed by atoms with Crippen molar-refractivity contribution in [3.63, 3.8) is 0 Å². The Morgan fingerprint density at radius 2 is 1.85 bits per heavy atom. The van der Waals surface area contributed by atoms with Gasteiger partial charge in [-0.2, -0.15) is 18.3 Å². The van der Waals surface area contributed by atoms with Crippen LogP contribution in [0.4, 0.5) is 13.2 Å². The lowest BCUT2D eigenvalue weighted by Crippen LogP contribution is -2.13. The van der Waals surface area contributed by atoms with Crippen LogP contribution in [0.3, 0.4) is 0 Å². The summed E-state index contributed by atoms with van der Waals surface area (Å²) < 4.78 is 52.5. The first-order chi connectivity index (χ1) is 12.8. The molecule has 0 fully saturated rings. The molecule has 3 rings (SSSR count). The van der Waals surface area contributed by atoms with Gasteiger partial charge in [0.2, 0.25) is 5.88 Å². The summed E-state index contributed by atoms with van der Waals surface area (Å²) >= 11 is 6.96. The minimum Gasteiger partial charge on any atom is -0.490 e. The van der Waals surface area contributed by atoms with E-state index in [1.165, 1.54) is 4.68 Å². The molecule has 0 aliphatic heterocycles. The number of nitrogens with zero attached hydrogens (tertiary/aromatic N) is 2. The minimum absolute atomic E-state index is 0.0656. The van der Waals surface area contributed by atoms with Crippen molar-refractivity contribution in [2.24, 2.45) is 0 Å². The smallest absolute Gasteiger partial charge is 0.435 e. The Labute approximate surface area is 170 Å². The Balaban J connectivity index is 1.75. The van der Waals surface area contributed by atoms with Crippen molar-refractivity contribution in [1.82, 2.24) is 9.78 Å². The normalized spacial score (nSPS) is 11.8. The molecule has 1 heterocycles. The fourth-order valence-corrected chi connectivity index (χ4v) is 3.55. The maximum atomic E-state index is 12.9. The molecule has 0 N–H and O–H groups in total. The van der Waals surface area contributed by atoms with Gasteiger partial charge >= 0.3 is 6.18 Å². The number of halogens is 5. The number of benzene rings is 2. The van der Waals surface area contributed by atoms with Crippen LogP contribution in [0, 0.1) is 0 Å². The number of alkyl halides is 3. The topological polar surface area (TPSA) is 36.3 Å². The molecule has 0 unspecified atom stereocenters. The van der Waals surface area contributed by atoms with Crippen molar-refractivity contribution in [3.05, 3.63) is 51.0 Å². The van der Waals surface area contributed by atoms with E-state index in [2.05, 4.69) is 37.0 Å². The van der Waals surface area contributed by atoms with Gasteiger partial charge in [0.15, 0.2) is 5.69 Å². The first kappa shape index (κ1) is 20.0. The molecule has 0 atom stereocenters. The van der Waals surface area contributed by atoms with E-state index >= 15 is 0 Å². The summed E-state index contributed by atoms with van der Waals surface area (Å²) in [6, 6.07) is 10.5. The summed E-state index contributed by atoms with van der Waals surface area (Å²) in [4.78, 5) is 0. The molecule has 3 aromatic rings. The Hall–Kier alpha value is -1.74. The fraction of sp³-hybridized carbons (Fsp3) is 0.278. The van der Waals surface area contributed by atoms with Crippen molar-refractivity contribution < 1.29 is 22.6 Å². The van der Waals surface area contributed by atoms with Gasteiger partial charge in [0.1, 0.15) is 12.4 Å². The highest BCUT2D eigenvalue weighted by Gasteiger charge is 2.35. The van der Waals surface area contributed by atoms with Crippen molar-refractivity contribution in [2.75, 3.05) is 13.2 Å². The molecule has 0 radical (unpaired) electrons. The molecule has 0 aliphatic rings. The quantitative estimate of drug-likeness (QED) is 0.407. The second kappa shape index (κ2) is 8.10. The van der Waals surface area contributed by atoms with E-state index in [9.17, 15) is 13.2 Å². The van der Waals surface area contributed by atoms with Gasteiger partial charge in [-0.05, 0) is 51.8 Å². The van der Waals surface area contributed by atoms with Crippen LogP contribution in [-0.4, -0.2) is 23.0 Å². The van der Waals surface area contributed by atoms with Crippen LogP contribution in [0.5, 0.6) is 11.6 Å². The second-order valence-electron chi connectivity index (χ2n) is 5.61.